The van der Waals surface area contributed by atoms with E-state index in [1.165, 1.54) is 0 Å². The number of carbonyl (C=O) groups is 1. The molecule has 0 radical (unpaired) electrons. The Balaban J connectivity index is 2.00. The minimum absolute atomic E-state index is 0.233. The molecule has 3 rings (SSSR count). The largest absolute Gasteiger partial charge is 0.481 e. The van der Waals surface area contributed by atoms with Crippen LogP contribution in [0.1, 0.15) is 25.7 Å². The van der Waals surface area contributed by atoms with Gasteiger partial charge in [0, 0.05) is 5.92 Å². The first-order valence-electron chi connectivity index (χ1n) is 4.59. The van der Waals surface area contributed by atoms with E-state index in [1.54, 1.807) is 0 Å². The molecule has 2 saturated carbocycles. The molecule has 0 aromatic carbocycles. The van der Waals surface area contributed by atoms with Crippen molar-refractivity contribution in [2.75, 3.05) is 6.61 Å². The fraction of sp³-hybridized carbons (Fsp3) is 0.889. The Hall–Kier alpha value is -0.570. The molecule has 1 spiro atoms. The monoisotopic (exact) mass is 168 g/mol. The first kappa shape index (κ1) is 6.89. The van der Waals surface area contributed by atoms with Gasteiger partial charge in [-0.05, 0) is 25.7 Å². The molecule has 1 aliphatic heterocycles. The zero-order valence-corrected chi connectivity index (χ0v) is 6.88. The van der Waals surface area contributed by atoms with Gasteiger partial charge < -0.3 is 9.84 Å². The summed E-state index contributed by atoms with van der Waals surface area (Å²) in [6.45, 7) is 0.687. The zero-order valence-electron chi connectivity index (χ0n) is 6.88. The molecule has 0 amide bonds. The van der Waals surface area contributed by atoms with Gasteiger partial charge >= 0.3 is 5.97 Å². The van der Waals surface area contributed by atoms with Crippen molar-refractivity contribution in [2.45, 2.75) is 31.3 Å². The molecule has 0 bridgehead atoms. The van der Waals surface area contributed by atoms with Crippen LogP contribution in [0.15, 0.2) is 0 Å². The van der Waals surface area contributed by atoms with Gasteiger partial charge in [-0.25, -0.2) is 0 Å². The summed E-state index contributed by atoms with van der Waals surface area (Å²) >= 11 is 0. The van der Waals surface area contributed by atoms with Crippen LogP contribution in [0.4, 0.5) is 0 Å². The van der Waals surface area contributed by atoms with Crippen LogP contribution >= 0.6 is 0 Å². The Morgan fingerprint density at radius 2 is 2.25 bits per heavy atom. The summed E-state index contributed by atoms with van der Waals surface area (Å²) in [4.78, 5) is 11.1. The van der Waals surface area contributed by atoms with Gasteiger partial charge in [0.15, 0.2) is 0 Å². The fourth-order valence-corrected chi connectivity index (χ4v) is 3.02. The first-order valence-corrected chi connectivity index (χ1v) is 4.59. The first-order chi connectivity index (χ1) is 5.71. The van der Waals surface area contributed by atoms with Crippen LogP contribution in [0.2, 0.25) is 0 Å². The van der Waals surface area contributed by atoms with Crippen LogP contribution in [0, 0.1) is 11.3 Å². The summed E-state index contributed by atoms with van der Waals surface area (Å²) in [5.41, 5.74) is -0.686. The summed E-state index contributed by atoms with van der Waals surface area (Å²) in [6.07, 6.45) is 3.94. The van der Waals surface area contributed by atoms with Crippen molar-refractivity contribution in [1.82, 2.24) is 0 Å². The smallest absolute Gasteiger partial charge is 0.312 e. The number of aliphatic carboxylic acids is 1. The van der Waals surface area contributed by atoms with Gasteiger partial charge in [0.2, 0.25) is 0 Å². The van der Waals surface area contributed by atoms with Crippen LogP contribution in [0.5, 0.6) is 0 Å². The number of fused-ring (bicyclic) bond motifs is 2. The minimum Gasteiger partial charge on any atom is -0.481 e. The van der Waals surface area contributed by atoms with E-state index in [0.29, 0.717) is 12.5 Å². The average molecular weight is 168 g/mol. The van der Waals surface area contributed by atoms with Crippen molar-refractivity contribution in [1.29, 1.82) is 0 Å². The molecule has 2 atom stereocenters. The van der Waals surface area contributed by atoms with E-state index >= 15 is 0 Å². The van der Waals surface area contributed by atoms with Crippen LogP contribution in [0.25, 0.3) is 0 Å². The molecule has 1 saturated heterocycles. The second kappa shape index (κ2) is 1.69. The van der Waals surface area contributed by atoms with Gasteiger partial charge in [0.05, 0.1) is 12.2 Å². The molecule has 2 aliphatic carbocycles. The van der Waals surface area contributed by atoms with Gasteiger partial charge in [-0.3, -0.25) is 4.79 Å². The highest BCUT2D eigenvalue weighted by molar-refractivity contribution is 5.81. The van der Waals surface area contributed by atoms with E-state index in [2.05, 4.69) is 0 Å². The molecule has 66 valence electrons. The standard InChI is InChI=1S/C9H12O3/c10-7(11)9-4-6(9)5-12-8(9)2-1-3-8/h6H,1-5H2,(H,10,11). The molecule has 3 fully saturated rings. The fourth-order valence-electron chi connectivity index (χ4n) is 3.02. The van der Waals surface area contributed by atoms with Crippen molar-refractivity contribution in [2.24, 2.45) is 11.3 Å². The lowest BCUT2D eigenvalue weighted by Crippen LogP contribution is -2.49. The van der Waals surface area contributed by atoms with E-state index in [9.17, 15) is 4.79 Å². The van der Waals surface area contributed by atoms with E-state index in [1.807, 2.05) is 0 Å². The lowest BCUT2D eigenvalue weighted by Gasteiger charge is -2.43. The molecular weight excluding hydrogens is 156 g/mol. The number of ether oxygens (including phenoxy) is 1. The van der Waals surface area contributed by atoms with Gasteiger partial charge in [-0.1, -0.05) is 0 Å². The number of hydrogen-bond donors (Lipinski definition) is 1. The average Bonchev–Trinajstić information content (AvgIpc) is 2.58. The zero-order chi connectivity index (χ0) is 8.40. The van der Waals surface area contributed by atoms with Crippen LogP contribution in [0.3, 0.4) is 0 Å². The maximum absolute atomic E-state index is 11.1. The Morgan fingerprint density at radius 3 is 2.58 bits per heavy atom. The molecule has 2 unspecified atom stereocenters. The van der Waals surface area contributed by atoms with E-state index < -0.39 is 11.4 Å². The Morgan fingerprint density at radius 1 is 1.50 bits per heavy atom. The summed E-state index contributed by atoms with van der Waals surface area (Å²) in [7, 11) is 0. The Kier molecular flexibility index (Phi) is 0.971. The highest BCUT2D eigenvalue weighted by Crippen LogP contribution is 2.71. The second-order valence-electron chi connectivity index (χ2n) is 4.34. The lowest BCUT2D eigenvalue weighted by atomic mass is 9.69. The van der Waals surface area contributed by atoms with Crippen molar-refractivity contribution in [3.8, 4) is 0 Å². The van der Waals surface area contributed by atoms with Crippen molar-refractivity contribution in [3.63, 3.8) is 0 Å². The maximum atomic E-state index is 11.1. The van der Waals surface area contributed by atoms with Crippen molar-refractivity contribution in [3.05, 3.63) is 0 Å². The molecule has 0 aromatic heterocycles. The third-order valence-electron chi connectivity index (χ3n) is 4.02. The molecule has 3 heteroatoms. The number of carboxylic acid groups (broad SMARTS) is 1. The van der Waals surface area contributed by atoms with Crippen molar-refractivity contribution < 1.29 is 14.6 Å². The molecule has 0 aromatic rings. The van der Waals surface area contributed by atoms with E-state index in [4.69, 9.17) is 9.84 Å². The van der Waals surface area contributed by atoms with Crippen LogP contribution in [-0.2, 0) is 9.53 Å². The van der Waals surface area contributed by atoms with E-state index in [0.717, 1.165) is 25.7 Å². The van der Waals surface area contributed by atoms with E-state index in [-0.39, 0.29) is 5.60 Å². The van der Waals surface area contributed by atoms with Gasteiger partial charge in [0.1, 0.15) is 5.41 Å². The summed E-state index contributed by atoms with van der Waals surface area (Å²) < 4.78 is 5.62. The second-order valence-corrected chi connectivity index (χ2v) is 4.34. The number of hydrogen-bond acceptors (Lipinski definition) is 2. The van der Waals surface area contributed by atoms with Crippen LogP contribution in [-0.4, -0.2) is 23.3 Å². The van der Waals surface area contributed by atoms with Gasteiger partial charge in [-0.15, -0.1) is 0 Å². The van der Waals surface area contributed by atoms with Crippen molar-refractivity contribution >= 4 is 5.97 Å². The molecular formula is C9H12O3. The number of carboxylic acids is 1. The van der Waals surface area contributed by atoms with Gasteiger partial charge in [-0.2, -0.15) is 0 Å². The molecule has 12 heavy (non-hydrogen) atoms. The Labute approximate surface area is 70.7 Å². The normalized spacial score (nSPS) is 46.8. The lowest BCUT2D eigenvalue weighted by molar-refractivity contribution is -0.164. The van der Waals surface area contributed by atoms with Crippen LogP contribution < -0.4 is 0 Å². The SMILES string of the molecule is O=C(O)C12CC1COC21CCC1. The third-order valence-corrected chi connectivity index (χ3v) is 4.02. The summed E-state index contributed by atoms with van der Waals surface area (Å²) in [5.74, 6) is -0.292. The third kappa shape index (κ3) is 0.478. The Bertz CT molecular complexity index is 256. The molecule has 3 aliphatic rings. The summed E-state index contributed by atoms with van der Waals surface area (Å²) in [6, 6.07) is 0. The maximum Gasteiger partial charge on any atom is 0.312 e. The predicted molar refractivity (Wildman–Crippen MR) is 40.7 cm³/mol. The minimum atomic E-state index is -0.621. The molecule has 3 nitrogen and oxygen atoms in total. The number of rotatable bonds is 1. The predicted octanol–water partition coefficient (Wildman–Crippen LogP) is 1.03. The summed E-state index contributed by atoms with van der Waals surface area (Å²) in [5, 5.41) is 9.13. The highest BCUT2D eigenvalue weighted by Gasteiger charge is 2.77. The van der Waals surface area contributed by atoms with Gasteiger partial charge in [0.25, 0.3) is 0 Å². The highest BCUT2D eigenvalue weighted by atomic mass is 16.5. The quantitative estimate of drug-likeness (QED) is 0.636. The topological polar surface area (TPSA) is 46.5 Å². The molecule has 1 heterocycles. The molecule has 1 N–H and O–H groups in total.